The van der Waals surface area contributed by atoms with Crippen LogP contribution < -0.4 is 10.4 Å². The van der Waals surface area contributed by atoms with Gasteiger partial charge in [-0.1, -0.05) is 81.4 Å². The average Bonchev–Trinajstić information content (AvgIpc) is 3.45. The molecule has 2 saturated heterocycles. The molecule has 0 radical (unpaired) electrons. The highest BCUT2D eigenvalue weighted by molar-refractivity contribution is 6.99. The largest absolute Gasteiger partial charge is 0.443 e. The maximum atomic E-state index is 13.4. The minimum atomic E-state index is -2.88. The molecule has 8 heteroatoms. The third kappa shape index (κ3) is 6.51. The Hall–Kier alpha value is -2.52. The number of rotatable bonds is 8. The molecule has 0 spiro atoms. The van der Waals surface area contributed by atoms with E-state index >= 15 is 0 Å². The Bertz CT molecular complexity index is 1110. The quantitative estimate of drug-likeness (QED) is 0.405. The van der Waals surface area contributed by atoms with Crippen molar-refractivity contribution < 1.29 is 28.2 Å². The molecule has 2 fully saturated rings. The minimum Gasteiger partial charge on any atom is -0.443 e. The lowest BCUT2D eigenvalue weighted by molar-refractivity contribution is -0.149. The molecule has 0 aromatic heterocycles. The number of hydrogen-bond acceptors (Lipinski definition) is 6. The molecule has 7 nitrogen and oxygen atoms in total. The van der Waals surface area contributed by atoms with Crippen LogP contribution in [0.2, 0.25) is 5.04 Å². The number of nitrogens with zero attached hydrogens (tertiary/aromatic N) is 1. The van der Waals surface area contributed by atoms with Gasteiger partial charge in [0.15, 0.2) is 5.79 Å². The lowest BCUT2D eigenvalue weighted by atomic mass is 9.93. The molecule has 2 aromatic carbocycles. The first-order valence-corrected chi connectivity index (χ1v) is 16.2. The lowest BCUT2D eigenvalue weighted by Crippen LogP contribution is -2.67. The molecule has 4 rings (SSSR count). The van der Waals surface area contributed by atoms with Gasteiger partial charge >= 0.3 is 6.09 Å². The molecule has 0 saturated carbocycles. The van der Waals surface area contributed by atoms with Crippen LogP contribution in [0.25, 0.3) is 0 Å². The van der Waals surface area contributed by atoms with Crippen LogP contribution in [-0.4, -0.2) is 62.5 Å². The van der Waals surface area contributed by atoms with Gasteiger partial charge in [0.2, 0.25) is 5.91 Å². The summed E-state index contributed by atoms with van der Waals surface area (Å²) in [5.41, 5.74) is -0.724. The number of benzene rings is 2. The predicted molar refractivity (Wildman–Crippen MR) is 158 cm³/mol. The van der Waals surface area contributed by atoms with Crippen LogP contribution in [0, 0.1) is 5.92 Å². The second-order valence-electron chi connectivity index (χ2n) is 13.1. The molecule has 0 bridgehead atoms. The molecule has 40 heavy (non-hydrogen) atoms. The van der Waals surface area contributed by atoms with Crippen molar-refractivity contribution in [2.75, 3.05) is 19.8 Å². The number of hydrogen-bond donors (Lipinski definition) is 0. The Labute approximate surface area is 240 Å². The van der Waals surface area contributed by atoms with Crippen molar-refractivity contribution in [3.05, 3.63) is 60.7 Å². The summed E-state index contributed by atoms with van der Waals surface area (Å²) in [7, 11) is -2.88. The number of carbonyl (C=O) groups is 2. The fraction of sp³-hybridized carbons (Fsp3) is 0.562. The summed E-state index contributed by atoms with van der Waals surface area (Å²) in [6, 6.07) is 20.3. The highest BCUT2D eigenvalue weighted by Crippen LogP contribution is 2.39. The van der Waals surface area contributed by atoms with Crippen LogP contribution in [0.15, 0.2) is 60.7 Å². The van der Waals surface area contributed by atoms with E-state index in [-0.39, 0.29) is 29.9 Å². The summed E-state index contributed by atoms with van der Waals surface area (Å²) in [5.74, 6) is -1.01. The first-order valence-electron chi connectivity index (χ1n) is 14.3. The van der Waals surface area contributed by atoms with Crippen molar-refractivity contribution in [1.29, 1.82) is 0 Å². The van der Waals surface area contributed by atoms with Crippen LogP contribution in [0.3, 0.4) is 0 Å². The number of imide groups is 1. The van der Waals surface area contributed by atoms with E-state index in [1.54, 1.807) is 0 Å². The van der Waals surface area contributed by atoms with Gasteiger partial charge in [0.05, 0.1) is 25.9 Å². The van der Waals surface area contributed by atoms with Gasteiger partial charge in [0, 0.05) is 12.8 Å². The second-order valence-corrected chi connectivity index (χ2v) is 17.4. The minimum absolute atomic E-state index is 0.108. The summed E-state index contributed by atoms with van der Waals surface area (Å²) >= 11 is 0. The van der Waals surface area contributed by atoms with Gasteiger partial charge in [-0.15, -0.1) is 0 Å². The van der Waals surface area contributed by atoms with Crippen LogP contribution in [-0.2, 0) is 23.4 Å². The van der Waals surface area contributed by atoms with Crippen LogP contribution in [0.5, 0.6) is 0 Å². The molecule has 2 heterocycles. The van der Waals surface area contributed by atoms with Crippen LogP contribution in [0.4, 0.5) is 4.79 Å². The smallest absolute Gasteiger partial charge is 0.417 e. The first kappa shape index (κ1) is 30.4. The van der Waals surface area contributed by atoms with Crippen molar-refractivity contribution in [2.45, 2.75) is 90.2 Å². The van der Waals surface area contributed by atoms with Gasteiger partial charge in [-0.25, -0.2) is 9.69 Å². The second kappa shape index (κ2) is 11.8. The standard InChI is InChI=1S/C32H45NO6Si/c1-30(2,3)39-29(35)33-27(24(22-28(33)34)18-19-32(7)36-20-21-37-32)23-38-40(31(4,5)6,25-14-10-8-11-15-25)26-16-12-9-13-17-26/h8-17,24,27H,18-23H2,1-7H3/t24-,27+/m0/s1. The van der Waals surface area contributed by atoms with E-state index in [9.17, 15) is 9.59 Å². The molecular weight excluding hydrogens is 522 g/mol. The van der Waals surface area contributed by atoms with E-state index < -0.39 is 31.8 Å². The summed E-state index contributed by atoms with van der Waals surface area (Å²) in [6.45, 7) is 15.4. The fourth-order valence-electron chi connectivity index (χ4n) is 6.03. The zero-order valence-corrected chi connectivity index (χ0v) is 26.1. The molecule has 218 valence electrons. The average molecular weight is 568 g/mol. The summed E-state index contributed by atoms with van der Waals surface area (Å²) < 4.78 is 24.6. The SMILES string of the molecule is CC(C)(C)OC(=O)N1C(=O)C[C@H](CCC2(C)OCCO2)[C@H]1CO[Si](c1ccccc1)(c1ccccc1)C(C)(C)C. The maximum absolute atomic E-state index is 13.4. The van der Waals surface area contributed by atoms with Crippen molar-refractivity contribution in [3.8, 4) is 0 Å². The Balaban J connectivity index is 1.71. The number of likely N-dealkylation sites (tertiary alicyclic amines) is 1. The van der Waals surface area contributed by atoms with E-state index in [0.29, 0.717) is 26.1 Å². The van der Waals surface area contributed by atoms with Gasteiger partial charge in [0.25, 0.3) is 8.32 Å². The van der Waals surface area contributed by atoms with E-state index in [2.05, 4.69) is 45.0 Å². The van der Waals surface area contributed by atoms with E-state index in [1.807, 2.05) is 64.1 Å². The maximum Gasteiger partial charge on any atom is 0.417 e. The molecular formula is C32H45NO6Si. The van der Waals surface area contributed by atoms with Gasteiger partial charge in [-0.05, 0) is 55.4 Å². The monoisotopic (exact) mass is 567 g/mol. The van der Waals surface area contributed by atoms with Gasteiger partial charge in [-0.3, -0.25) is 4.79 Å². The summed E-state index contributed by atoms with van der Waals surface area (Å²) in [5, 5.41) is 2.07. The Kier molecular flexibility index (Phi) is 8.95. The zero-order chi connectivity index (χ0) is 29.2. The Morgan fingerprint density at radius 2 is 1.48 bits per heavy atom. The zero-order valence-electron chi connectivity index (χ0n) is 25.1. The van der Waals surface area contributed by atoms with Crippen molar-refractivity contribution in [1.82, 2.24) is 4.90 Å². The van der Waals surface area contributed by atoms with Crippen molar-refractivity contribution in [3.63, 3.8) is 0 Å². The topological polar surface area (TPSA) is 74.3 Å². The highest BCUT2D eigenvalue weighted by atomic mass is 28.4. The molecule has 0 N–H and O–H groups in total. The summed E-state index contributed by atoms with van der Waals surface area (Å²) in [6.07, 6.45) is 0.930. The lowest BCUT2D eigenvalue weighted by Gasteiger charge is -2.44. The van der Waals surface area contributed by atoms with Gasteiger partial charge < -0.3 is 18.6 Å². The normalized spacial score (nSPS) is 21.6. The molecule has 2 aliphatic rings. The molecule has 2 amide bonds. The Morgan fingerprint density at radius 1 is 0.950 bits per heavy atom. The molecule has 2 atom stereocenters. The molecule has 2 aromatic rings. The van der Waals surface area contributed by atoms with E-state index in [0.717, 1.165) is 10.4 Å². The van der Waals surface area contributed by atoms with E-state index in [4.69, 9.17) is 18.6 Å². The van der Waals surface area contributed by atoms with Crippen molar-refractivity contribution >= 4 is 30.7 Å². The molecule has 0 unspecified atom stereocenters. The van der Waals surface area contributed by atoms with Crippen LogP contribution in [0.1, 0.15) is 67.7 Å². The third-order valence-electron chi connectivity index (χ3n) is 7.93. The predicted octanol–water partition coefficient (Wildman–Crippen LogP) is 5.26. The molecule has 2 aliphatic heterocycles. The number of amides is 2. The summed E-state index contributed by atoms with van der Waals surface area (Å²) in [4.78, 5) is 28.1. The number of ether oxygens (including phenoxy) is 3. The van der Waals surface area contributed by atoms with Gasteiger partial charge in [-0.2, -0.15) is 0 Å². The van der Waals surface area contributed by atoms with Gasteiger partial charge in [0.1, 0.15) is 5.60 Å². The Morgan fingerprint density at radius 3 is 1.95 bits per heavy atom. The molecule has 0 aliphatic carbocycles. The number of carbonyl (C=O) groups excluding carboxylic acids is 2. The van der Waals surface area contributed by atoms with E-state index in [1.165, 1.54) is 4.90 Å². The third-order valence-corrected chi connectivity index (χ3v) is 12.9. The first-order chi connectivity index (χ1) is 18.8. The van der Waals surface area contributed by atoms with Crippen molar-refractivity contribution in [2.24, 2.45) is 5.92 Å². The highest BCUT2D eigenvalue weighted by Gasteiger charge is 2.53. The fourth-order valence-corrected chi connectivity index (χ4v) is 10.6. The van der Waals surface area contributed by atoms with Crippen LogP contribution >= 0.6 is 0 Å².